The highest BCUT2D eigenvalue weighted by Gasteiger charge is 2.22. The summed E-state index contributed by atoms with van der Waals surface area (Å²) in [4.78, 5) is 36.2. The molecule has 0 bridgehead atoms. The Bertz CT molecular complexity index is 946. The number of esters is 1. The Morgan fingerprint density at radius 2 is 1.69 bits per heavy atom. The summed E-state index contributed by atoms with van der Waals surface area (Å²) < 4.78 is 15.9. The predicted molar refractivity (Wildman–Crippen MR) is 107 cm³/mol. The molecule has 0 radical (unpaired) electrons. The molecule has 1 aliphatic carbocycles. The smallest absolute Gasteiger partial charge is 0.344 e. The van der Waals surface area contributed by atoms with Crippen molar-refractivity contribution in [3.8, 4) is 11.5 Å². The van der Waals surface area contributed by atoms with Crippen LogP contribution in [0.1, 0.15) is 52.1 Å². The number of ether oxygens (including phenoxy) is 3. The fourth-order valence-corrected chi connectivity index (χ4v) is 3.39. The number of aryl methyl sites for hydroxylation is 2. The van der Waals surface area contributed by atoms with Crippen molar-refractivity contribution in [2.75, 3.05) is 13.7 Å². The van der Waals surface area contributed by atoms with E-state index in [2.05, 4.69) is 0 Å². The molecule has 1 atom stereocenters. The van der Waals surface area contributed by atoms with E-state index in [-0.39, 0.29) is 18.2 Å². The second-order valence-electron chi connectivity index (χ2n) is 7.04. The number of ketones is 2. The second kappa shape index (κ2) is 8.90. The third-order valence-electron chi connectivity index (χ3n) is 4.98. The van der Waals surface area contributed by atoms with Crippen molar-refractivity contribution in [2.24, 2.45) is 0 Å². The summed E-state index contributed by atoms with van der Waals surface area (Å²) in [5.41, 5.74) is 3.50. The van der Waals surface area contributed by atoms with Crippen LogP contribution >= 0.6 is 0 Å². The quantitative estimate of drug-likeness (QED) is 0.501. The van der Waals surface area contributed by atoms with E-state index in [4.69, 9.17) is 14.2 Å². The van der Waals surface area contributed by atoms with Crippen LogP contribution in [0.25, 0.3) is 0 Å². The highest BCUT2D eigenvalue weighted by Crippen LogP contribution is 2.28. The minimum absolute atomic E-state index is 0.104. The van der Waals surface area contributed by atoms with E-state index in [0.717, 1.165) is 19.3 Å². The van der Waals surface area contributed by atoms with Crippen molar-refractivity contribution in [3.05, 3.63) is 58.7 Å². The monoisotopic (exact) mass is 396 g/mol. The van der Waals surface area contributed by atoms with Crippen LogP contribution in [0.5, 0.6) is 11.5 Å². The van der Waals surface area contributed by atoms with E-state index in [9.17, 15) is 14.4 Å². The van der Waals surface area contributed by atoms with E-state index in [0.29, 0.717) is 22.6 Å². The van der Waals surface area contributed by atoms with Crippen molar-refractivity contribution in [1.82, 2.24) is 0 Å². The van der Waals surface area contributed by atoms with Gasteiger partial charge >= 0.3 is 5.97 Å². The van der Waals surface area contributed by atoms with Gasteiger partial charge in [-0.3, -0.25) is 9.59 Å². The lowest BCUT2D eigenvalue weighted by molar-refractivity contribution is -0.148. The number of benzene rings is 2. The molecule has 0 amide bonds. The number of fused-ring (bicyclic) bond motifs is 1. The van der Waals surface area contributed by atoms with Crippen LogP contribution in [-0.4, -0.2) is 37.4 Å². The maximum atomic E-state index is 12.6. The summed E-state index contributed by atoms with van der Waals surface area (Å²) in [6.07, 6.45) is 2.21. The summed E-state index contributed by atoms with van der Waals surface area (Å²) in [5, 5.41) is 0. The Labute approximate surface area is 169 Å². The molecule has 152 valence electrons. The zero-order chi connectivity index (χ0) is 21.0. The molecule has 2 aromatic carbocycles. The molecule has 29 heavy (non-hydrogen) atoms. The van der Waals surface area contributed by atoms with E-state index in [1.165, 1.54) is 25.2 Å². The minimum Gasteiger partial charge on any atom is -0.493 e. The van der Waals surface area contributed by atoms with Crippen LogP contribution < -0.4 is 9.47 Å². The van der Waals surface area contributed by atoms with Gasteiger partial charge in [0.25, 0.3) is 0 Å². The van der Waals surface area contributed by atoms with Gasteiger partial charge < -0.3 is 14.2 Å². The van der Waals surface area contributed by atoms with E-state index in [1.807, 2.05) is 12.1 Å². The first-order valence-electron chi connectivity index (χ1n) is 9.56. The maximum absolute atomic E-state index is 12.6. The molecule has 2 aromatic rings. The SMILES string of the molecule is COc1cc(C(C)=O)ccc1OCC(=O)OC(C)C(=O)c1ccc2c(c1)CCC2. The van der Waals surface area contributed by atoms with E-state index < -0.39 is 12.1 Å². The van der Waals surface area contributed by atoms with Gasteiger partial charge in [0.2, 0.25) is 5.78 Å². The van der Waals surface area contributed by atoms with Gasteiger partial charge in [0.05, 0.1) is 7.11 Å². The van der Waals surface area contributed by atoms with Crippen LogP contribution in [0.4, 0.5) is 0 Å². The lowest BCUT2D eigenvalue weighted by Gasteiger charge is -2.15. The van der Waals surface area contributed by atoms with Crippen molar-refractivity contribution in [1.29, 1.82) is 0 Å². The van der Waals surface area contributed by atoms with Crippen molar-refractivity contribution in [2.45, 2.75) is 39.2 Å². The fraction of sp³-hybridized carbons (Fsp3) is 0.348. The first-order chi connectivity index (χ1) is 13.9. The third kappa shape index (κ3) is 4.83. The van der Waals surface area contributed by atoms with Crippen LogP contribution in [0.2, 0.25) is 0 Å². The van der Waals surface area contributed by atoms with Crippen molar-refractivity contribution in [3.63, 3.8) is 0 Å². The van der Waals surface area contributed by atoms with Gasteiger partial charge in [-0.1, -0.05) is 12.1 Å². The van der Waals surface area contributed by atoms with Gasteiger partial charge in [0, 0.05) is 11.1 Å². The predicted octanol–water partition coefficient (Wildman–Crippen LogP) is 3.58. The Kier molecular flexibility index (Phi) is 6.32. The summed E-state index contributed by atoms with van der Waals surface area (Å²) in [7, 11) is 1.45. The van der Waals surface area contributed by atoms with Crippen molar-refractivity contribution < 1.29 is 28.6 Å². The molecular weight excluding hydrogens is 372 g/mol. The molecule has 0 N–H and O–H groups in total. The average molecular weight is 396 g/mol. The minimum atomic E-state index is -0.910. The molecule has 1 aliphatic rings. The molecule has 0 saturated heterocycles. The van der Waals surface area contributed by atoms with Crippen LogP contribution in [-0.2, 0) is 22.4 Å². The third-order valence-corrected chi connectivity index (χ3v) is 4.98. The van der Waals surface area contributed by atoms with E-state index >= 15 is 0 Å². The molecular formula is C23H24O6. The average Bonchev–Trinajstić information content (AvgIpc) is 3.19. The molecule has 6 nitrogen and oxygen atoms in total. The van der Waals surface area contributed by atoms with Gasteiger partial charge in [0.1, 0.15) is 0 Å². The van der Waals surface area contributed by atoms with Gasteiger partial charge in [-0.15, -0.1) is 0 Å². The molecule has 0 spiro atoms. The summed E-state index contributed by atoms with van der Waals surface area (Å²) >= 11 is 0. The Morgan fingerprint density at radius 3 is 2.41 bits per heavy atom. The topological polar surface area (TPSA) is 78.9 Å². The molecule has 0 saturated carbocycles. The number of rotatable bonds is 8. The number of methoxy groups -OCH3 is 1. The first kappa shape index (κ1) is 20.6. The number of hydrogen-bond donors (Lipinski definition) is 0. The molecule has 0 fully saturated rings. The molecule has 0 aromatic heterocycles. The Morgan fingerprint density at radius 1 is 0.966 bits per heavy atom. The molecule has 6 heteroatoms. The van der Waals surface area contributed by atoms with Crippen LogP contribution in [0.3, 0.4) is 0 Å². The van der Waals surface area contributed by atoms with Gasteiger partial charge in [-0.25, -0.2) is 4.79 Å². The second-order valence-corrected chi connectivity index (χ2v) is 7.04. The van der Waals surface area contributed by atoms with Gasteiger partial charge in [0.15, 0.2) is 30.0 Å². The van der Waals surface area contributed by atoms with Crippen LogP contribution in [0, 0.1) is 0 Å². The highest BCUT2D eigenvalue weighted by molar-refractivity contribution is 6.00. The number of hydrogen-bond acceptors (Lipinski definition) is 6. The lowest BCUT2D eigenvalue weighted by Crippen LogP contribution is -2.27. The number of carbonyl (C=O) groups excluding carboxylic acids is 3. The molecule has 0 heterocycles. The summed E-state index contributed by atoms with van der Waals surface area (Å²) in [5.74, 6) is -0.353. The van der Waals surface area contributed by atoms with E-state index in [1.54, 1.807) is 31.2 Å². The first-order valence-corrected chi connectivity index (χ1v) is 9.56. The Hall–Kier alpha value is -3.15. The summed E-state index contributed by atoms with van der Waals surface area (Å²) in [6.45, 7) is 2.62. The molecule has 0 aliphatic heterocycles. The molecule has 1 unspecified atom stereocenters. The zero-order valence-corrected chi connectivity index (χ0v) is 16.8. The van der Waals surface area contributed by atoms with Gasteiger partial charge in [-0.05, 0) is 68.5 Å². The fourth-order valence-electron chi connectivity index (χ4n) is 3.39. The highest BCUT2D eigenvalue weighted by atomic mass is 16.6. The Balaban J connectivity index is 1.58. The summed E-state index contributed by atoms with van der Waals surface area (Å²) in [6, 6.07) is 10.3. The standard InChI is InChI=1S/C23H24O6/c1-14(24)17-9-10-20(21(12-17)27-3)28-13-22(25)29-15(2)23(26)19-8-7-16-5-4-6-18(16)11-19/h7-12,15H,4-6,13H2,1-3H3. The zero-order valence-electron chi connectivity index (χ0n) is 16.8. The van der Waals surface area contributed by atoms with Crippen LogP contribution in [0.15, 0.2) is 36.4 Å². The number of carbonyl (C=O) groups is 3. The largest absolute Gasteiger partial charge is 0.493 e. The normalized spacial score (nSPS) is 13.3. The maximum Gasteiger partial charge on any atom is 0.344 e. The number of Topliss-reactive ketones (excluding diaryl/α,β-unsaturated/α-hetero) is 2. The molecule has 3 rings (SSSR count). The van der Waals surface area contributed by atoms with Crippen molar-refractivity contribution >= 4 is 17.5 Å². The van der Waals surface area contributed by atoms with Gasteiger partial charge in [-0.2, -0.15) is 0 Å². The lowest BCUT2D eigenvalue weighted by atomic mass is 10.0.